The number of hydrogen-bond acceptors (Lipinski definition) is 5. The van der Waals surface area contributed by atoms with Crippen LogP contribution in [0, 0.1) is 0 Å². The molecule has 1 atom stereocenters. The first kappa shape index (κ1) is 22.0. The molecular weight excluding hydrogens is 412 g/mol. The van der Waals surface area contributed by atoms with Crippen molar-refractivity contribution in [1.29, 1.82) is 0 Å². The molecule has 0 saturated carbocycles. The minimum atomic E-state index is -0.349. The number of carbonyl (C=O) groups is 1. The van der Waals surface area contributed by atoms with E-state index in [1.165, 1.54) is 7.11 Å². The second-order valence-corrected chi connectivity index (χ2v) is 7.64. The molecule has 5 heteroatoms. The van der Waals surface area contributed by atoms with E-state index in [1.54, 1.807) is 24.5 Å². The number of nitrogens with zero attached hydrogens (tertiary/aromatic N) is 2. The Morgan fingerprint density at radius 2 is 1.39 bits per heavy atom. The average Bonchev–Trinajstić information content (AvgIpc) is 2.90. The fourth-order valence-electron chi connectivity index (χ4n) is 3.89. The average molecular weight is 437 g/mol. The highest BCUT2D eigenvalue weighted by atomic mass is 16.5. The minimum absolute atomic E-state index is 0.0148. The maximum absolute atomic E-state index is 11.7. The van der Waals surface area contributed by atoms with Crippen LogP contribution in [-0.4, -0.2) is 29.0 Å². The summed E-state index contributed by atoms with van der Waals surface area (Å²) in [5.74, 6) is -0.334. The van der Waals surface area contributed by atoms with E-state index in [2.05, 4.69) is 46.5 Å². The van der Waals surface area contributed by atoms with Crippen LogP contribution in [0.25, 0.3) is 11.1 Å². The van der Waals surface area contributed by atoms with Crippen molar-refractivity contribution in [3.05, 3.63) is 126 Å². The van der Waals surface area contributed by atoms with Crippen LogP contribution in [0.15, 0.2) is 109 Å². The third-order valence-electron chi connectivity index (χ3n) is 5.69. The van der Waals surface area contributed by atoms with Gasteiger partial charge in [0.2, 0.25) is 0 Å². The number of esters is 1. The van der Waals surface area contributed by atoms with Crippen LogP contribution in [0.3, 0.4) is 0 Å². The minimum Gasteiger partial charge on any atom is -0.465 e. The van der Waals surface area contributed by atoms with E-state index in [-0.39, 0.29) is 11.9 Å². The zero-order chi connectivity index (χ0) is 23.0. The van der Waals surface area contributed by atoms with Gasteiger partial charge in [0.25, 0.3) is 0 Å². The third kappa shape index (κ3) is 5.15. The number of rotatable bonds is 7. The van der Waals surface area contributed by atoms with Crippen LogP contribution in [0.5, 0.6) is 0 Å². The summed E-state index contributed by atoms with van der Waals surface area (Å²) in [6, 6.07) is 29.6. The molecule has 1 unspecified atom stereocenters. The van der Waals surface area contributed by atoms with Gasteiger partial charge in [-0.05, 0) is 46.5 Å². The first-order chi connectivity index (χ1) is 16.2. The summed E-state index contributed by atoms with van der Waals surface area (Å²) < 4.78 is 4.77. The molecule has 0 bridgehead atoms. The third-order valence-corrected chi connectivity index (χ3v) is 5.69. The molecule has 0 fully saturated rings. The largest absolute Gasteiger partial charge is 0.465 e. The van der Waals surface area contributed by atoms with E-state index in [9.17, 15) is 10.0 Å². The van der Waals surface area contributed by atoms with Crippen molar-refractivity contribution in [2.24, 2.45) is 5.16 Å². The second-order valence-electron chi connectivity index (χ2n) is 7.64. The van der Waals surface area contributed by atoms with Crippen molar-refractivity contribution >= 4 is 11.7 Å². The van der Waals surface area contributed by atoms with E-state index >= 15 is 0 Å². The van der Waals surface area contributed by atoms with Crippen molar-refractivity contribution in [3.8, 4) is 11.1 Å². The smallest absolute Gasteiger partial charge is 0.337 e. The van der Waals surface area contributed by atoms with E-state index in [0.29, 0.717) is 17.7 Å². The molecule has 0 spiro atoms. The lowest BCUT2D eigenvalue weighted by molar-refractivity contribution is 0.0600. The lowest BCUT2D eigenvalue weighted by atomic mass is 9.85. The van der Waals surface area contributed by atoms with E-state index in [0.717, 1.165) is 27.8 Å². The predicted octanol–water partition coefficient (Wildman–Crippen LogP) is 5.94. The Morgan fingerprint density at radius 3 is 1.97 bits per heavy atom. The van der Waals surface area contributed by atoms with Crippen LogP contribution < -0.4 is 0 Å². The number of hydrogen-bond donors (Lipinski definition) is 1. The number of pyridine rings is 1. The van der Waals surface area contributed by atoms with E-state index < -0.39 is 0 Å². The number of oxime groups is 1. The summed E-state index contributed by atoms with van der Waals surface area (Å²) >= 11 is 0. The number of methoxy groups -OCH3 is 1. The molecule has 5 nitrogen and oxygen atoms in total. The Hall–Kier alpha value is -4.25. The normalized spacial score (nSPS) is 12.2. The van der Waals surface area contributed by atoms with Gasteiger partial charge >= 0.3 is 5.97 Å². The van der Waals surface area contributed by atoms with Gasteiger partial charge in [-0.2, -0.15) is 0 Å². The molecule has 33 heavy (non-hydrogen) atoms. The SMILES string of the molecule is COC(=O)c1ccc(-c2ccc(C(C/C(=N/O)c3ccncc3)c3ccccc3)cc2)cc1. The highest BCUT2D eigenvalue weighted by Crippen LogP contribution is 2.31. The van der Waals surface area contributed by atoms with Crippen molar-refractivity contribution in [3.63, 3.8) is 0 Å². The number of carbonyl (C=O) groups excluding carboxylic acids is 1. The Balaban J connectivity index is 1.63. The molecule has 1 aromatic heterocycles. The van der Waals surface area contributed by atoms with Gasteiger partial charge in [-0.15, -0.1) is 0 Å². The molecule has 0 aliphatic rings. The van der Waals surface area contributed by atoms with E-state index in [1.807, 2.05) is 42.5 Å². The molecule has 4 rings (SSSR count). The Labute approximate surface area is 193 Å². The van der Waals surface area contributed by atoms with Gasteiger partial charge in [-0.1, -0.05) is 71.9 Å². The molecule has 1 heterocycles. The maximum Gasteiger partial charge on any atom is 0.337 e. The predicted molar refractivity (Wildman–Crippen MR) is 129 cm³/mol. The van der Waals surface area contributed by atoms with Gasteiger partial charge in [0.1, 0.15) is 0 Å². The molecule has 0 amide bonds. The molecule has 0 aliphatic carbocycles. The fourth-order valence-corrected chi connectivity index (χ4v) is 3.89. The molecule has 1 N–H and O–H groups in total. The van der Waals surface area contributed by atoms with Gasteiger partial charge in [-0.25, -0.2) is 4.79 Å². The summed E-state index contributed by atoms with van der Waals surface area (Å²) in [6.07, 6.45) is 3.92. The molecule has 0 aliphatic heterocycles. The monoisotopic (exact) mass is 436 g/mol. The van der Waals surface area contributed by atoms with Crippen molar-refractivity contribution in [1.82, 2.24) is 4.98 Å². The zero-order valence-electron chi connectivity index (χ0n) is 18.3. The van der Waals surface area contributed by atoms with Crippen molar-refractivity contribution in [2.75, 3.05) is 7.11 Å². The van der Waals surface area contributed by atoms with Gasteiger partial charge in [0, 0.05) is 30.3 Å². The van der Waals surface area contributed by atoms with Gasteiger partial charge in [0.05, 0.1) is 18.4 Å². The number of ether oxygens (including phenoxy) is 1. The highest BCUT2D eigenvalue weighted by Gasteiger charge is 2.19. The molecule has 4 aromatic rings. The van der Waals surface area contributed by atoms with Gasteiger partial charge in [-0.3, -0.25) is 4.98 Å². The lowest BCUT2D eigenvalue weighted by Crippen LogP contribution is -2.10. The standard InChI is InChI=1S/C28H24N2O3/c1-33-28(31)25-13-9-21(10-14-25)20-7-11-23(12-8-20)26(22-5-3-2-4-6-22)19-27(30-32)24-15-17-29-18-16-24/h2-18,26,32H,19H2,1H3/b30-27-. The highest BCUT2D eigenvalue weighted by molar-refractivity contribution is 6.00. The Kier molecular flexibility index (Phi) is 6.90. The summed E-state index contributed by atoms with van der Waals surface area (Å²) in [7, 11) is 1.37. The second kappa shape index (κ2) is 10.4. The number of benzene rings is 3. The van der Waals surface area contributed by atoms with Gasteiger partial charge in [0.15, 0.2) is 0 Å². The zero-order valence-corrected chi connectivity index (χ0v) is 18.3. The maximum atomic E-state index is 11.7. The van der Waals surface area contributed by atoms with Crippen LogP contribution in [0.2, 0.25) is 0 Å². The molecule has 3 aromatic carbocycles. The molecule has 0 radical (unpaired) electrons. The van der Waals surface area contributed by atoms with Crippen LogP contribution in [0.1, 0.15) is 39.4 Å². The van der Waals surface area contributed by atoms with Crippen LogP contribution >= 0.6 is 0 Å². The summed E-state index contributed by atoms with van der Waals surface area (Å²) in [4.78, 5) is 15.7. The number of aromatic nitrogens is 1. The molecular formula is C28H24N2O3. The lowest BCUT2D eigenvalue weighted by Gasteiger charge is -2.19. The van der Waals surface area contributed by atoms with E-state index in [4.69, 9.17) is 4.74 Å². The van der Waals surface area contributed by atoms with Crippen LogP contribution in [-0.2, 0) is 4.74 Å². The van der Waals surface area contributed by atoms with Crippen molar-refractivity contribution < 1.29 is 14.7 Å². The first-order valence-electron chi connectivity index (χ1n) is 10.6. The van der Waals surface area contributed by atoms with Gasteiger partial charge < -0.3 is 9.94 Å². The quantitative estimate of drug-likeness (QED) is 0.169. The van der Waals surface area contributed by atoms with Crippen molar-refractivity contribution in [2.45, 2.75) is 12.3 Å². The summed E-state index contributed by atoms with van der Waals surface area (Å²) in [6.45, 7) is 0. The first-order valence-corrected chi connectivity index (χ1v) is 10.6. The summed E-state index contributed by atoms with van der Waals surface area (Å²) in [5.41, 5.74) is 6.29. The van der Waals surface area contributed by atoms with Crippen LogP contribution in [0.4, 0.5) is 0 Å². The topological polar surface area (TPSA) is 71.8 Å². The summed E-state index contributed by atoms with van der Waals surface area (Å²) in [5, 5.41) is 13.3. The Morgan fingerprint density at radius 1 is 0.818 bits per heavy atom. The Bertz CT molecular complexity index is 1220. The molecule has 164 valence electrons. The molecule has 0 saturated heterocycles. The fraction of sp³-hybridized carbons (Fsp3) is 0.107.